The van der Waals surface area contributed by atoms with Crippen molar-refractivity contribution in [2.24, 2.45) is 5.73 Å². The van der Waals surface area contributed by atoms with Gasteiger partial charge in [-0.2, -0.15) is 4.98 Å². The van der Waals surface area contributed by atoms with Gasteiger partial charge in [-0.25, -0.2) is 4.39 Å². The Morgan fingerprint density at radius 3 is 2.89 bits per heavy atom. The fraction of sp³-hybridized carbons (Fsp3) is 0.385. The molecule has 0 spiro atoms. The molecule has 0 bridgehead atoms. The molecule has 1 heterocycles. The van der Waals surface area contributed by atoms with Crippen molar-refractivity contribution in [1.82, 2.24) is 10.1 Å². The molecule has 1 aliphatic carbocycles. The van der Waals surface area contributed by atoms with Crippen molar-refractivity contribution in [3.05, 3.63) is 34.4 Å². The zero-order chi connectivity index (χ0) is 13.4. The minimum Gasteiger partial charge on any atom is -0.339 e. The summed E-state index contributed by atoms with van der Waals surface area (Å²) in [5, 5.41) is 3.96. The van der Waals surface area contributed by atoms with Crippen LogP contribution in [0.5, 0.6) is 0 Å². The number of hydrogen-bond donors (Lipinski definition) is 1. The molecule has 1 fully saturated rings. The lowest BCUT2D eigenvalue weighted by Gasteiger charge is -2.01. The highest BCUT2D eigenvalue weighted by atomic mass is 79.9. The van der Waals surface area contributed by atoms with E-state index in [0.717, 1.165) is 24.8 Å². The molecule has 100 valence electrons. The van der Waals surface area contributed by atoms with Gasteiger partial charge in [-0.05, 0) is 53.4 Å². The Hall–Kier alpha value is -1.27. The van der Waals surface area contributed by atoms with Crippen LogP contribution in [0.4, 0.5) is 4.39 Å². The number of benzene rings is 1. The molecule has 1 aromatic carbocycles. The maximum Gasteiger partial charge on any atom is 0.230 e. The van der Waals surface area contributed by atoms with Crippen LogP contribution in [-0.2, 0) is 0 Å². The first-order valence-corrected chi connectivity index (χ1v) is 6.97. The van der Waals surface area contributed by atoms with Crippen molar-refractivity contribution >= 4 is 15.9 Å². The third kappa shape index (κ3) is 2.55. The third-order valence-corrected chi connectivity index (χ3v) is 4.05. The molecule has 2 N–H and O–H groups in total. The number of aromatic nitrogens is 2. The molecular formula is C13H13BrFN3O. The first kappa shape index (κ1) is 12.7. The van der Waals surface area contributed by atoms with Crippen LogP contribution >= 0.6 is 15.9 Å². The summed E-state index contributed by atoms with van der Waals surface area (Å²) in [6.45, 7) is 0. The average Bonchev–Trinajstić information content (AvgIpc) is 3.01. The van der Waals surface area contributed by atoms with E-state index in [1.54, 1.807) is 12.1 Å². The van der Waals surface area contributed by atoms with E-state index in [-0.39, 0.29) is 17.8 Å². The molecular weight excluding hydrogens is 313 g/mol. The van der Waals surface area contributed by atoms with Crippen molar-refractivity contribution in [1.29, 1.82) is 0 Å². The lowest BCUT2D eigenvalue weighted by molar-refractivity contribution is 0.353. The zero-order valence-corrected chi connectivity index (χ0v) is 11.7. The van der Waals surface area contributed by atoms with Crippen LogP contribution < -0.4 is 5.73 Å². The van der Waals surface area contributed by atoms with Gasteiger partial charge >= 0.3 is 0 Å². The van der Waals surface area contributed by atoms with Crippen molar-refractivity contribution in [2.75, 3.05) is 0 Å². The van der Waals surface area contributed by atoms with Gasteiger partial charge in [0.15, 0.2) is 0 Å². The lowest BCUT2D eigenvalue weighted by atomic mass is 10.1. The van der Waals surface area contributed by atoms with E-state index >= 15 is 0 Å². The van der Waals surface area contributed by atoms with E-state index in [4.69, 9.17) is 10.3 Å². The predicted octanol–water partition coefficient (Wildman–Crippen LogP) is 3.23. The number of hydrogen-bond acceptors (Lipinski definition) is 4. The molecule has 0 amide bonds. The molecule has 4 nitrogen and oxygen atoms in total. The van der Waals surface area contributed by atoms with E-state index < -0.39 is 0 Å². The second-order valence-corrected chi connectivity index (χ2v) is 5.71. The Bertz CT molecular complexity index is 601. The summed E-state index contributed by atoms with van der Waals surface area (Å²) in [5.41, 5.74) is 6.61. The first-order chi connectivity index (χ1) is 9.13. The highest BCUT2D eigenvalue weighted by Crippen LogP contribution is 2.33. The Morgan fingerprint density at radius 1 is 1.37 bits per heavy atom. The van der Waals surface area contributed by atoms with Crippen LogP contribution in [0, 0.1) is 5.82 Å². The molecule has 1 aromatic heterocycles. The molecule has 2 unspecified atom stereocenters. The van der Waals surface area contributed by atoms with Crippen LogP contribution in [0.2, 0.25) is 0 Å². The van der Waals surface area contributed by atoms with Gasteiger partial charge in [0, 0.05) is 17.5 Å². The summed E-state index contributed by atoms with van der Waals surface area (Å²) in [6, 6.07) is 4.88. The highest BCUT2D eigenvalue weighted by Gasteiger charge is 2.28. The number of halogens is 2. The van der Waals surface area contributed by atoms with Gasteiger partial charge in [0.1, 0.15) is 5.82 Å². The largest absolute Gasteiger partial charge is 0.339 e. The molecule has 2 aromatic rings. The number of nitrogens with two attached hydrogens (primary N) is 1. The van der Waals surface area contributed by atoms with E-state index in [1.807, 2.05) is 0 Å². The average molecular weight is 326 g/mol. The second-order valence-electron chi connectivity index (χ2n) is 4.86. The third-order valence-electron chi connectivity index (χ3n) is 3.44. The number of rotatable bonds is 2. The van der Waals surface area contributed by atoms with E-state index in [0.29, 0.717) is 16.2 Å². The van der Waals surface area contributed by atoms with Crippen LogP contribution in [-0.4, -0.2) is 16.2 Å². The Kier molecular flexibility index (Phi) is 3.36. The fourth-order valence-electron chi connectivity index (χ4n) is 2.39. The summed E-state index contributed by atoms with van der Waals surface area (Å²) in [7, 11) is 0. The first-order valence-electron chi connectivity index (χ1n) is 6.18. The minimum absolute atomic E-state index is 0.223. The van der Waals surface area contributed by atoms with Crippen LogP contribution in [0.1, 0.15) is 31.1 Å². The molecule has 6 heteroatoms. The fourth-order valence-corrected chi connectivity index (χ4v) is 2.77. The lowest BCUT2D eigenvalue weighted by Crippen LogP contribution is -2.14. The van der Waals surface area contributed by atoms with Gasteiger partial charge in [0.05, 0.1) is 4.47 Å². The summed E-state index contributed by atoms with van der Waals surface area (Å²) < 4.78 is 18.9. The highest BCUT2D eigenvalue weighted by molar-refractivity contribution is 9.10. The summed E-state index contributed by atoms with van der Waals surface area (Å²) in [6.07, 6.45) is 2.86. The molecule has 0 radical (unpaired) electrons. The molecule has 2 atom stereocenters. The Labute approximate surface area is 118 Å². The molecule has 1 aliphatic rings. The van der Waals surface area contributed by atoms with Crippen LogP contribution in [0.15, 0.2) is 27.2 Å². The molecule has 1 saturated carbocycles. The van der Waals surface area contributed by atoms with Gasteiger partial charge in [-0.3, -0.25) is 0 Å². The summed E-state index contributed by atoms with van der Waals surface area (Å²) in [5.74, 6) is 1.05. The topological polar surface area (TPSA) is 64.9 Å². The zero-order valence-electron chi connectivity index (χ0n) is 10.1. The quantitative estimate of drug-likeness (QED) is 0.920. The molecule has 0 saturated heterocycles. The second kappa shape index (κ2) is 5.02. The molecule has 19 heavy (non-hydrogen) atoms. The van der Waals surface area contributed by atoms with E-state index in [2.05, 4.69) is 26.1 Å². The Morgan fingerprint density at radius 2 is 2.21 bits per heavy atom. The van der Waals surface area contributed by atoms with Gasteiger partial charge in [0.25, 0.3) is 0 Å². The van der Waals surface area contributed by atoms with Gasteiger partial charge < -0.3 is 10.3 Å². The van der Waals surface area contributed by atoms with Crippen molar-refractivity contribution in [3.63, 3.8) is 0 Å². The normalized spacial score (nSPS) is 22.9. The number of nitrogens with zero attached hydrogens (tertiary/aromatic N) is 2. The maximum absolute atomic E-state index is 13.2. The van der Waals surface area contributed by atoms with E-state index in [9.17, 15) is 4.39 Å². The van der Waals surface area contributed by atoms with Crippen molar-refractivity contribution in [2.45, 2.75) is 31.2 Å². The van der Waals surface area contributed by atoms with Crippen molar-refractivity contribution < 1.29 is 8.91 Å². The SMILES string of the molecule is NC1CCC(c2nc(-c3ccc(F)c(Br)c3)no2)C1. The van der Waals surface area contributed by atoms with Crippen LogP contribution in [0.3, 0.4) is 0 Å². The molecule has 3 rings (SSSR count). The summed E-state index contributed by atoms with van der Waals surface area (Å²) in [4.78, 5) is 4.39. The van der Waals surface area contributed by atoms with E-state index in [1.165, 1.54) is 6.07 Å². The maximum atomic E-state index is 13.2. The van der Waals surface area contributed by atoms with Crippen molar-refractivity contribution in [3.8, 4) is 11.4 Å². The summed E-state index contributed by atoms with van der Waals surface area (Å²) >= 11 is 3.15. The molecule has 0 aliphatic heterocycles. The smallest absolute Gasteiger partial charge is 0.230 e. The van der Waals surface area contributed by atoms with Gasteiger partial charge in [0.2, 0.25) is 11.7 Å². The Balaban J connectivity index is 1.86. The minimum atomic E-state index is -0.311. The van der Waals surface area contributed by atoms with Gasteiger partial charge in [-0.1, -0.05) is 5.16 Å². The van der Waals surface area contributed by atoms with Gasteiger partial charge in [-0.15, -0.1) is 0 Å². The van der Waals surface area contributed by atoms with Crippen LogP contribution in [0.25, 0.3) is 11.4 Å². The predicted molar refractivity (Wildman–Crippen MR) is 72.0 cm³/mol. The standard InChI is InChI=1S/C13H13BrFN3O/c14-10-6-7(2-4-11(10)15)12-17-13(19-18-12)8-1-3-9(16)5-8/h2,4,6,8-9H,1,3,5,16H2. The monoisotopic (exact) mass is 325 g/mol.